The van der Waals surface area contributed by atoms with Gasteiger partial charge >= 0.3 is 0 Å². The Kier molecular flexibility index (Phi) is 6.80. The molecule has 3 nitrogen and oxygen atoms in total. The second kappa shape index (κ2) is 12.2. The third-order valence-electron chi connectivity index (χ3n) is 11.3. The molecule has 56 heavy (non-hydrogen) atoms. The smallest absolute Gasteiger partial charge is 0.135 e. The molecule has 1 aliphatic rings. The number of para-hydroxylation sites is 1. The molecule has 11 aromatic rings. The summed E-state index contributed by atoms with van der Waals surface area (Å²) in [4.78, 5) is 2.39. The molecule has 9 aromatic carbocycles. The Morgan fingerprint density at radius 2 is 1.11 bits per heavy atom. The fraction of sp³-hybridized carbons (Fsp3) is 0. The van der Waals surface area contributed by atoms with E-state index in [-0.39, 0.29) is 0 Å². The van der Waals surface area contributed by atoms with Gasteiger partial charge in [0.25, 0.3) is 0 Å². The third kappa shape index (κ3) is 4.76. The number of anilines is 3. The first-order valence-corrected chi connectivity index (χ1v) is 19.7. The highest BCUT2D eigenvalue weighted by Gasteiger charge is 2.23. The molecule has 0 amide bonds. The molecule has 0 spiro atoms. The van der Waals surface area contributed by atoms with Gasteiger partial charge in [-0.15, -0.1) is 11.3 Å². The van der Waals surface area contributed by atoms with Crippen molar-refractivity contribution in [3.8, 4) is 44.9 Å². The molecule has 0 fully saturated rings. The van der Waals surface area contributed by atoms with Gasteiger partial charge in [-0.05, 0) is 99.9 Å². The highest BCUT2D eigenvalue weighted by atomic mass is 32.1. The Hall–Kier alpha value is -7.14. The lowest BCUT2D eigenvalue weighted by atomic mass is 9.89. The van der Waals surface area contributed by atoms with E-state index < -0.39 is 0 Å². The van der Waals surface area contributed by atoms with E-state index in [0.29, 0.717) is 0 Å². The molecule has 1 aliphatic heterocycles. The maximum Gasteiger partial charge on any atom is 0.135 e. The number of benzene rings is 9. The van der Waals surface area contributed by atoms with E-state index in [4.69, 9.17) is 9.15 Å². The van der Waals surface area contributed by atoms with Crippen LogP contribution in [0.2, 0.25) is 0 Å². The molecule has 0 unspecified atom stereocenters. The van der Waals surface area contributed by atoms with Crippen LogP contribution in [-0.4, -0.2) is 0 Å². The van der Waals surface area contributed by atoms with E-state index in [2.05, 4.69) is 181 Å². The minimum atomic E-state index is 0.873. The first-order valence-electron chi connectivity index (χ1n) is 18.9. The first kappa shape index (κ1) is 31.2. The van der Waals surface area contributed by atoms with Crippen LogP contribution in [0.4, 0.5) is 17.1 Å². The summed E-state index contributed by atoms with van der Waals surface area (Å²) in [7, 11) is 0. The van der Waals surface area contributed by atoms with Gasteiger partial charge in [0.15, 0.2) is 0 Å². The average molecular weight is 734 g/mol. The van der Waals surface area contributed by atoms with Gasteiger partial charge in [0, 0.05) is 48.6 Å². The highest BCUT2D eigenvalue weighted by molar-refractivity contribution is 7.26. The van der Waals surface area contributed by atoms with Gasteiger partial charge in [-0.3, -0.25) is 0 Å². The summed E-state index contributed by atoms with van der Waals surface area (Å²) >= 11 is 1.85. The molecule has 0 radical (unpaired) electrons. The number of fused-ring (bicyclic) bond motifs is 8. The quantitative estimate of drug-likeness (QED) is 0.176. The van der Waals surface area contributed by atoms with E-state index >= 15 is 0 Å². The number of rotatable bonds is 5. The fourth-order valence-electron chi connectivity index (χ4n) is 8.67. The number of nitrogens with zero attached hydrogens (tertiary/aromatic N) is 1. The van der Waals surface area contributed by atoms with Crippen LogP contribution in [0, 0.1) is 0 Å². The molecule has 0 saturated heterocycles. The lowest BCUT2D eigenvalue weighted by molar-refractivity contribution is 0.487. The molecule has 2 aromatic heterocycles. The van der Waals surface area contributed by atoms with E-state index in [1.54, 1.807) is 0 Å². The number of hydrogen-bond donors (Lipinski definition) is 0. The third-order valence-corrected chi connectivity index (χ3v) is 12.5. The van der Waals surface area contributed by atoms with Gasteiger partial charge in [-0.25, -0.2) is 0 Å². The van der Waals surface area contributed by atoms with E-state index in [0.717, 1.165) is 72.6 Å². The topological polar surface area (TPSA) is 25.6 Å². The summed E-state index contributed by atoms with van der Waals surface area (Å²) in [5.74, 6) is 1.77. The van der Waals surface area contributed by atoms with Gasteiger partial charge < -0.3 is 14.1 Å². The molecule has 0 bridgehead atoms. The molecule has 3 heterocycles. The molecular weight excluding hydrogens is 703 g/mol. The van der Waals surface area contributed by atoms with E-state index in [1.807, 2.05) is 23.5 Å². The molecule has 0 N–H and O–H groups in total. The summed E-state index contributed by atoms with van der Waals surface area (Å²) in [6, 6.07) is 67.2. The van der Waals surface area contributed by atoms with Crippen LogP contribution in [0.15, 0.2) is 192 Å². The predicted octanol–water partition coefficient (Wildman–Crippen LogP) is 15.7. The zero-order valence-corrected chi connectivity index (χ0v) is 30.9. The van der Waals surface area contributed by atoms with Gasteiger partial charge in [0.1, 0.15) is 22.7 Å². The van der Waals surface area contributed by atoms with Gasteiger partial charge in [-0.2, -0.15) is 0 Å². The highest BCUT2D eigenvalue weighted by Crippen LogP contribution is 2.50. The maximum absolute atomic E-state index is 6.69. The Balaban J connectivity index is 0.966. The van der Waals surface area contributed by atoms with Crippen molar-refractivity contribution >= 4 is 81.3 Å². The minimum absolute atomic E-state index is 0.873. The zero-order chi connectivity index (χ0) is 36.7. The Labute approximate surface area is 326 Å². The van der Waals surface area contributed by atoms with Crippen molar-refractivity contribution in [3.05, 3.63) is 188 Å². The van der Waals surface area contributed by atoms with Crippen LogP contribution in [0.1, 0.15) is 0 Å². The van der Waals surface area contributed by atoms with Crippen LogP contribution in [-0.2, 0) is 0 Å². The zero-order valence-electron chi connectivity index (χ0n) is 30.1. The van der Waals surface area contributed by atoms with Crippen LogP contribution in [0.3, 0.4) is 0 Å². The standard InChI is InChI=1S/C52H31NO2S/c1-2-10-33(11-3-1)37-27-29-48-51-41(37)14-8-15-42(51)39-26-22-34(30-49(39)55-48)32-20-23-35(24-21-32)53(36-25-28-47-44(31-36)38-12-4-6-18-46(38)54-47)45-17-9-16-43-40-13-5-7-19-50(40)56-52(43)45/h1-31H. The lowest BCUT2D eigenvalue weighted by Gasteiger charge is -2.26. The second-order valence-electron chi connectivity index (χ2n) is 14.4. The van der Waals surface area contributed by atoms with Gasteiger partial charge in [0.05, 0.1) is 10.4 Å². The predicted molar refractivity (Wildman–Crippen MR) is 235 cm³/mol. The normalized spacial score (nSPS) is 12.1. The average Bonchev–Trinajstić information content (AvgIpc) is 3.83. The molecule has 4 heteroatoms. The number of hydrogen-bond acceptors (Lipinski definition) is 4. The lowest BCUT2D eigenvalue weighted by Crippen LogP contribution is -2.10. The number of thiophene rings is 1. The summed E-state index contributed by atoms with van der Waals surface area (Å²) in [6.45, 7) is 0. The van der Waals surface area contributed by atoms with Crippen molar-refractivity contribution in [2.75, 3.05) is 4.90 Å². The molecule has 0 aliphatic carbocycles. The Bertz CT molecular complexity index is 3340. The molecular formula is C52H31NO2S. The van der Waals surface area contributed by atoms with Crippen molar-refractivity contribution in [3.63, 3.8) is 0 Å². The summed E-state index contributed by atoms with van der Waals surface area (Å²) in [5, 5.41) is 7.13. The maximum atomic E-state index is 6.69. The molecule has 0 atom stereocenters. The van der Waals surface area contributed by atoms with Gasteiger partial charge in [-0.1, -0.05) is 121 Å². The first-order chi connectivity index (χ1) is 27.7. The van der Waals surface area contributed by atoms with Crippen molar-refractivity contribution < 1.29 is 9.15 Å². The summed E-state index contributed by atoms with van der Waals surface area (Å²) < 4.78 is 15.5. The minimum Gasteiger partial charge on any atom is -0.456 e. The van der Waals surface area contributed by atoms with E-state index in [9.17, 15) is 0 Å². The van der Waals surface area contributed by atoms with Crippen LogP contribution in [0.5, 0.6) is 11.5 Å². The van der Waals surface area contributed by atoms with Crippen molar-refractivity contribution in [1.82, 2.24) is 0 Å². The molecule has 12 rings (SSSR count). The van der Waals surface area contributed by atoms with Crippen LogP contribution < -0.4 is 9.64 Å². The molecule has 262 valence electrons. The van der Waals surface area contributed by atoms with Crippen LogP contribution in [0.25, 0.3) is 86.3 Å². The van der Waals surface area contributed by atoms with Crippen molar-refractivity contribution in [1.29, 1.82) is 0 Å². The summed E-state index contributed by atoms with van der Waals surface area (Å²) in [6.07, 6.45) is 0. The number of furan rings is 1. The van der Waals surface area contributed by atoms with Gasteiger partial charge in [0.2, 0.25) is 0 Å². The largest absolute Gasteiger partial charge is 0.456 e. The summed E-state index contributed by atoms with van der Waals surface area (Å²) in [5.41, 5.74) is 12.0. The SMILES string of the molecule is c1ccc(-c2ccc3c4c(cccc24)-c2ccc(-c4ccc(N(c5ccc6oc7ccccc7c6c5)c5cccc6c5sc5ccccc56)cc4)cc2O3)cc1. The Morgan fingerprint density at radius 1 is 0.393 bits per heavy atom. The van der Waals surface area contributed by atoms with Crippen molar-refractivity contribution in [2.45, 2.75) is 0 Å². The fourth-order valence-corrected chi connectivity index (χ4v) is 9.88. The van der Waals surface area contributed by atoms with E-state index in [1.165, 1.54) is 42.2 Å². The molecule has 0 saturated carbocycles. The number of ether oxygens (including phenoxy) is 1. The van der Waals surface area contributed by atoms with Crippen LogP contribution >= 0.6 is 11.3 Å². The second-order valence-corrected chi connectivity index (χ2v) is 15.5. The Morgan fingerprint density at radius 3 is 2.02 bits per heavy atom. The van der Waals surface area contributed by atoms with Crippen molar-refractivity contribution in [2.24, 2.45) is 0 Å². The monoisotopic (exact) mass is 733 g/mol.